The lowest BCUT2D eigenvalue weighted by Crippen LogP contribution is -2.62. The molecule has 81 heavy (non-hydrogen) atoms. The fourth-order valence-electron chi connectivity index (χ4n) is 10.6. The van der Waals surface area contributed by atoms with Crippen molar-refractivity contribution in [2.45, 2.75) is 135 Å². The fourth-order valence-corrected chi connectivity index (χ4v) is 10.6. The summed E-state index contributed by atoms with van der Waals surface area (Å²) in [6, 6.07) is 5.84. The van der Waals surface area contributed by atoms with Gasteiger partial charge >= 0.3 is 5.97 Å². The van der Waals surface area contributed by atoms with Crippen LogP contribution in [0.2, 0.25) is 0 Å². The van der Waals surface area contributed by atoms with Crippen molar-refractivity contribution in [3.63, 3.8) is 0 Å². The third-order valence-electron chi connectivity index (χ3n) is 15.5. The van der Waals surface area contributed by atoms with E-state index in [2.05, 4.69) is 10.6 Å². The highest BCUT2D eigenvalue weighted by Gasteiger charge is 2.48. The van der Waals surface area contributed by atoms with Crippen LogP contribution in [0.3, 0.4) is 0 Å². The maximum Gasteiger partial charge on any atom is 0.326 e. The number of likely N-dealkylation sites (tertiary alicyclic amines) is 2. The van der Waals surface area contributed by atoms with Crippen molar-refractivity contribution in [1.29, 1.82) is 0 Å². The number of carboxylic acid groups (broad SMARTS) is 1. The molecule has 0 saturated carbocycles. The van der Waals surface area contributed by atoms with Crippen molar-refractivity contribution in [3.8, 4) is 0 Å². The fraction of sp³-hybridized carbons (Fsp3) is 0.724. The number of methoxy groups -OCH3 is 2. The molecule has 7 amide bonds. The van der Waals surface area contributed by atoms with Crippen molar-refractivity contribution in [1.82, 2.24) is 30.2 Å². The topological polar surface area (TPSA) is 268 Å². The van der Waals surface area contributed by atoms with Crippen molar-refractivity contribution in [2.24, 2.45) is 17.8 Å². The molecule has 4 rings (SSSR count). The third-order valence-corrected chi connectivity index (χ3v) is 15.5. The Morgan fingerprint density at radius 2 is 1.30 bits per heavy atom. The van der Waals surface area contributed by atoms with E-state index in [4.69, 9.17) is 37.9 Å². The second-order valence-corrected chi connectivity index (χ2v) is 21.4. The molecule has 3 aliphatic heterocycles. The molecule has 2 fully saturated rings. The highest BCUT2D eigenvalue weighted by molar-refractivity contribution is 6.12. The van der Waals surface area contributed by atoms with Crippen LogP contribution in [0.25, 0.3) is 0 Å². The summed E-state index contributed by atoms with van der Waals surface area (Å²) in [4.78, 5) is 112. The Balaban J connectivity index is 1.19. The van der Waals surface area contributed by atoms with Crippen molar-refractivity contribution in [3.05, 3.63) is 48.0 Å². The van der Waals surface area contributed by atoms with Gasteiger partial charge in [-0.05, 0) is 50.0 Å². The number of benzene rings is 1. The van der Waals surface area contributed by atoms with E-state index in [9.17, 15) is 43.5 Å². The van der Waals surface area contributed by atoms with Crippen LogP contribution < -0.4 is 10.6 Å². The summed E-state index contributed by atoms with van der Waals surface area (Å²) in [6.45, 7) is 15.9. The number of carbonyl (C=O) groups is 8. The minimum Gasteiger partial charge on any atom is -0.480 e. The van der Waals surface area contributed by atoms with Gasteiger partial charge in [-0.25, -0.2) is 4.79 Å². The number of hydrogen-bond acceptors (Lipinski definition) is 16. The standard InChI is InChI=1S/C58H92N6O17/c1-10-41(4)52(46(74-8)39-50(68)62-23-14-18-45(62)53(75-9)42(5)54(69)59-44(56(71)72)38-43-16-12-11-13-17-43)61(7)55(70)51(40(2)3)60-57(73)58(6)22-15-24-64(58)49(67)21-26-76-28-30-78-32-34-80-36-37-81-35-33-79-31-29-77-27-25-63-47(65)19-20-48(63)66/h11-13,16-17,19-20,40-42,44-46,51-53H,10,14-15,18,21-39H2,1-9H3,(H,59,69)(H,60,73)(H,71,72). The van der Waals surface area contributed by atoms with Crippen LogP contribution in [0, 0.1) is 17.8 Å². The van der Waals surface area contributed by atoms with Gasteiger partial charge in [0.1, 0.15) is 17.6 Å². The maximum atomic E-state index is 14.7. The Hall–Kier alpha value is -5.40. The van der Waals surface area contributed by atoms with E-state index < -0.39 is 65.6 Å². The lowest BCUT2D eigenvalue weighted by atomic mass is 9.89. The SMILES string of the molecule is CCC(C)C(C(CC(=O)N1CCCC1C(OC)C(C)C(=O)NC(Cc1ccccc1)C(=O)O)OC)N(C)C(=O)C(NC(=O)C1(C)CCCN1C(=O)CCOCCOCCOCCOCCOCCOCCN1C(=O)C=CC1=O)C(C)C. The lowest BCUT2D eigenvalue weighted by Gasteiger charge is -2.41. The molecular formula is C58H92N6O17. The van der Waals surface area contributed by atoms with Gasteiger partial charge in [-0.2, -0.15) is 0 Å². The molecule has 2 saturated heterocycles. The molecule has 456 valence electrons. The molecule has 0 spiro atoms. The van der Waals surface area contributed by atoms with Gasteiger partial charge in [0.05, 0.1) is 129 Å². The zero-order valence-electron chi connectivity index (χ0n) is 49.3. The van der Waals surface area contributed by atoms with Crippen LogP contribution in [0.15, 0.2) is 42.5 Å². The van der Waals surface area contributed by atoms with Gasteiger partial charge in [0.15, 0.2) is 0 Å². The first kappa shape index (κ1) is 68.1. The van der Waals surface area contributed by atoms with Crippen LogP contribution in [0.1, 0.15) is 92.1 Å². The number of ether oxygens (including phenoxy) is 8. The third kappa shape index (κ3) is 20.8. The zero-order chi connectivity index (χ0) is 59.5. The van der Waals surface area contributed by atoms with E-state index in [1.54, 1.807) is 59.9 Å². The first-order valence-corrected chi connectivity index (χ1v) is 28.6. The molecule has 1 aromatic rings. The van der Waals surface area contributed by atoms with Crippen LogP contribution >= 0.6 is 0 Å². The van der Waals surface area contributed by atoms with Gasteiger partial charge < -0.3 is 68.3 Å². The van der Waals surface area contributed by atoms with Crippen LogP contribution in [-0.2, 0) is 82.7 Å². The number of likely N-dealkylation sites (N-methyl/N-ethyl adjacent to an activating group) is 1. The van der Waals surface area contributed by atoms with Gasteiger partial charge in [-0.15, -0.1) is 0 Å². The Bertz CT molecular complexity index is 2170. The van der Waals surface area contributed by atoms with E-state index in [-0.39, 0.29) is 87.0 Å². The summed E-state index contributed by atoms with van der Waals surface area (Å²) >= 11 is 0. The molecule has 9 atom stereocenters. The van der Waals surface area contributed by atoms with Crippen molar-refractivity contribution < 1.29 is 81.4 Å². The average Bonchev–Trinajstić information content (AvgIpc) is 4.44. The smallest absolute Gasteiger partial charge is 0.326 e. The summed E-state index contributed by atoms with van der Waals surface area (Å²) in [5.41, 5.74) is -0.443. The summed E-state index contributed by atoms with van der Waals surface area (Å²) < 4.78 is 45.1. The summed E-state index contributed by atoms with van der Waals surface area (Å²) in [5.74, 6) is -4.89. The van der Waals surface area contributed by atoms with E-state index in [0.717, 1.165) is 10.5 Å². The number of amides is 7. The second-order valence-electron chi connectivity index (χ2n) is 21.4. The quantitative estimate of drug-likeness (QED) is 0.0630. The second kappa shape index (κ2) is 35.6. The molecule has 1 aromatic carbocycles. The van der Waals surface area contributed by atoms with E-state index >= 15 is 0 Å². The predicted octanol–water partition coefficient (Wildman–Crippen LogP) is 2.66. The first-order valence-electron chi connectivity index (χ1n) is 28.6. The molecule has 9 unspecified atom stereocenters. The monoisotopic (exact) mass is 1140 g/mol. The molecule has 3 N–H and O–H groups in total. The van der Waals surface area contributed by atoms with Crippen LogP contribution in [0.4, 0.5) is 0 Å². The molecule has 0 radical (unpaired) electrons. The average molecular weight is 1150 g/mol. The largest absolute Gasteiger partial charge is 0.480 e. The lowest BCUT2D eigenvalue weighted by molar-refractivity contribution is -0.150. The molecule has 3 aliphatic rings. The number of aliphatic carboxylic acids is 1. The number of rotatable bonds is 40. The minimum absolute atomic E-state index is 0.0537. The summed E-state index contributed by atoms with van der Waals surface area (Å²) in [6.07, 6.45) is 3.95. The normalized spacial score (nSPS) is 19.8. The van der Waals surface area contributed by atoms with E-state index in [1.807, 2.05) is 33.8 Å². The van der Waals surface area contributed by atoms with E-state index in [1.165, 1.54) is 26.4 Å². The Labute approximate surface area is 478 Å². The molecule has 0 aromatic heterocycles. The molecule has 0 aliphatic carbocycles. The van der Waals surface area contributed by atoms with Gasteiger partial charge in [-0.3, -0.25) is 38.5 Å². The Kier molecular flexibility index (Phi) is 29.9. The number of carbonyl (C=O) groups excluding carboxylic acids is 7. The molecule has 23 heteroatoms. The Morgan fingerprint density at radius 1 is 0.741 bits per heavy atom. The number of nitrogens with zero attached hydrogens (tertiary/aromatic N) is 4. The maximum absolute atomic E-state index is 14.7. The van der Waals surface area contributed by atoms with Gasteiger partial charge in [-0.1, -0.05) is 71.4 Å². The number of imide groups is 1. The number of nitrogens with one attached hydrogen (secondary N) is 2. The predicted molar refractivity (Wildman–Crippen MR) is 297 cm³/mol. The number of hydrogen-bond donors (Lipinski definition) is 3. The molecule has 0 bridgehead atoms. The highest BCUT2D eigenvalue weighted by Crippen LogP contribution is 2.32. The van der Waals surface area contributed by atoms with Gasteiger partial charge in [0.2, 0.25) is 29.5 Å². The molecule has 3 heterocycles. The highest BCUT2D eigenvalue weighted by atomic mass is 16.6. The van der Waals surface area contributed by atoms with Gasteiger partial charge in [0.25, 0.3) is 11.8 Å². The first-order chi connectivity index (χ1) is 38.8. The minimum atomic E-state index is -1.20. The summed E-state index contributed by atoms with van der Waals surface area (Å²) in [7, 11) is 4.65. The van der Waals surface area contributed by atoms with Crippen LogP contribution in [-0.4, -0.2) is 234 Å². The zero-order valence-corrected chi connectivity index (χ0v) is 49.3. The molecular weight excluding hydrogens is 1050 g/mol. The molecule has 23 nitrogen and oxygen atoms in total. The van der Waals surface area contributed by atoms with Crippen molar-refractivity contribution in [2.75, 3.05) is 120 Å². The van der Waals surface area contributed by atoms with E-state index in [0.29, 0.717) is 105 Å². The summed E-state index contributed by atoms with van der Waals surface area (Å²) in [5, 5.41) is 15.7. The number of carboxylic acids is 1. The Morgan fingerprint density at radius 3 is 1.81 bits per heavy atom. The van der Waals surface area contributed by atoms with Gasteiger partial charge in [0, 0.05) is 52.9 Å². The van der Waals surface area contributed by atoms with Crippen LogP contribution in [0.5, 0.6) is 0 Å². The van der Waals surface area contributed by atoms with Crippen molar-refractivity contribution >= 4 is 47.3 Å².